The van der Waals surface area contributed by atoms with Crippen LogP contribution < -0.4 is 5.73 Å². The molecule has 0 aromatic carbocycles. The Bertz CT molecular complexity index is 153. The van der Waals surface area contributed by atoms with E-state index < -0.39 is 6.03 Å². The Hall–Kier alpha value is -0.810. The summed E-state index contributed by atoms with van der Waals surface area (Å²) in [6.07, 6.45) is 0. The Labute approximate surface area is 85.1 Å². The van der Waals surface area contributed by atoms with E-state index in [4.69, 9.17) is 15.2 Å². The fourth-order valence-electron chi connectivity index (χ4n) is 0.963. The van der Waals surface area contributed by atoms with Gasteiger partial charge in [-0.3, -0.25) is 0 Å². The third-order valence-electron chi connectivity index (χ3n) is 1.78. The van der Waals surface area contributed by atoms with Crippen LogP contribution in [0, 0.1) is 0 Å². The van der Waals surface area contributed by atoms with Crippen molar-refractivity contribution in [3.8, 4) is 0 Å². The molecular weight excluding hydrogens is 184 g/mol. The Morgan fingerprint density at radius 1 is 1.21 bits per heavy atom. The highest BCUT2D eigenvalue weighted by molar-refractivity contribution is 5.71. The molecule has 0 bridgehead atoms. The van der Waals surface area contributed by atoms with Crippen molar-refractivity contribution in [3.63, 3.8) is 0 Å². The first-order chi connectivity index (χ1) is 6.72. The minimum absolute atomic E-state index is 0.402. The monoisotopic (exact) mass is 204 g/mol. The molecule has 0 spiro atoms. The van der Waals surface area contributed by atoms with Gasteiger partial charge in [-0.1, -0.05) is 0 Å². The summed E-state index contributed by atoms with van der Waals surface area (Å²) in [4.78, 5) is 12.3. The number of rotatable bonds is 8. The molecular formula is C9H20N2O3. The summed E-state index contributed by atoms with van der Waals surface area (Å²) in [7, 11) is 0. The lowest BCUT2D eigenvalue weighted by Gasteiger charge is -2.17. The summed E-state index contributed by atoms with van der Waals surface area (Å²) in [6, 6.07) is -0.402. The van der Waals surface area contributed by atoms with Gasteiger partial charge in [-0.15, -0.1) is 0 Å². The van der Waals surface area contributed by atoms with Crippen LogP contribution in [0.25, 0.3) is 0 Å². The van der Waals surface area contributed by atoms with E-state index in [1.807, 2.05) is 13.8 Å². The summed E-state index contributed by atoms with van der Waals surface area (Å²) in [5.74, 6) is 0. The van der Waals surface area contributed by atoms with Crippen LogP contribution >= 0.6 is 0 Å². The molecule has 0 fully saturated rings. The largest absolute Gasteiger partial charge is 0.379 e. The third kappa shape index (κ3) is 6.68. The lowest BCUT2D eigenvalue weighted by Crippen LogP contribution is -2.37. The lowest BCUT2D eigenvalue weighted by molar-refractivity contribution is 0.0468. The van der Waals surface area contributed by atoms with Gasteiger partial charge >= 0.3 is 6.03 Å². The molecule has 14 heavy (non-hydrogen) atoms. The number of carbonyl (C=O) groups is 1. The second kappa shape index (κ2) is 8.77. The van der Waals surface area contributed by atoms with E-state index in [2.05, 4.69) is 0 Å². The number of hydrogen-bond donors (Lipinski definition) is 1. The maximum atomic E-state index is 10.8. The molecule has 0 unspecified atom stereocenters. The Balaban J connectivity index is 3.29. The molecule has 84 valence electrons. The molecule has 0 aliphatic carbocycles. The first-order valence-corrected chi connectivity index (χ1v) is 4.92. The van der Waals surface area contributed by atoms with Crippen molar-refractivity contribution < 1.29 is 14.3 Å². The molecule has 2 N–H and O–H groups in total. The van der Waals surface area contributed by atoms with Crippen LogP contribution in [0.2, 0.25) is 0 Å². The highest BCUT2D eigenvalue weighted by Crippen LogP contribution is 1.87. The summed E-state index contributed by atoms with van der Waals surface area (Å²) in [6.45, 7) is 7.33. The van der Waals surface area contributed by atoms with Gasteiger partial charge in [-0.2, -0.15) is 0 Å². The van der Waals surface area contributed by atoms with Crippen LogP contribution in [-0.4, -0.2) is 50.4 Å². The number of hydrogen-bond acceptors (Lipinski definition) is 3. The third-order valence-corrected chi connectivity index (χ3v) is 1.78. The molecule has 0 atom stereocenters. The Kier molecular flexibility index (Phi) is 8.27. The minimum atomic E-state index is -0.402. The zero-order chi connectivity index (χ0) is 10.8. The maximum absolute atomic E-state index is 10.8. The number of primary amides is 1. The Morgan fingerprint density at radius 3 is 2.36 bits per heavy atom. The topological polar surface area (TPSA) is 64.8 Å². The summed E-state index contributed by atoms with van der Waals surface area (Å²) < 4.78 is 10.3. The van der Waals surface area contributed by atoms with Crippen LogP contribution in [0.1, 0.15) is 13.8 Å². The molecule has 0 heterocycles. The standard InChI is InChI=1S/C9H20N2O3/c1-3-11(9(10)12)5-6-14-8-7-13-4-2/h3-8H2,1-2H3,(H2,10,12). The van der Waals surface area contributed by atoms with Gasteiger partial charge in [-0.05, 0) is 13.8 Å². The number of nitrogens with two attached hydrogens (primary N) is 1. The van der Waals surface area contributed by atoms with Crippen molar-refractivity contribution in [3.05, 3.63) is 0 Å². The van der Waals surface area contributed by atoms with Crippen molar-refractivity contribution >= 4 is 6.03 Å². The van der Waals surface area contributed by atoms with E-state index in [1.54, 1.807) is 0 Å². The van der Waals surface area contributed by atoms with Gasteiger partial charge in [0.15, 0.2) is 0 Å². The first kappa shape index (κ1) is 13.2. The molecule has 0 aliphatic heterocycles. The van der Waals surface area contributed by atoms with Crippen molar-refractivity contribution in [2.45, 2.75) is 13.8 Å². The lowest BCUT2D eigenvalue weighted by atomic mass is 10.5. The van der Waals surface area contributed by atoms with Crippen LogP contribution in [0.5, 0.6) is 0 Å². The van der Waals surface area contributed by atoms with E-state index in [0.717, 1.165) is 0 Å². The van der Waals surface area contributed by atoms with Crippen LogP contribution in [0.3, 0.4) is 0 Å². The van der Waals surface area contributed by atoms with E-state index in [1.165, 1.54) is 4.90 Å². The van der Waals surface area contributed by atoms with Crippen molar-refractivity contribution in [2.24, 2.45) is 5.73 Å². The van der Waals surface area contributed by atoms with Crippen LogP contribution in [0.15, 0.2) is 0 Å². The second-order valence-corrected chi connectivity index (χ2v) is 2.73. The summed E-state index contributed by atoms with van der Waals surface area (Å²) >= 11 is 0. The predicted octanol–water partition coefficient (Wildman–Crippen LogP) is 0.440. The summed E-state index contributed by atoms with van der Waals surface area (Å²) in [5.41, 5.74) is 5.12. The van der Waals surface area contributed by atoms with Crippen molar-refractivity contribution in [1.82, 2.24) is 4.90 Å². The zero-order valence-corrected chi connectivity index (χ0v) is 8.99. The van der Waals surface area contributed by atoms with Gasteiger partial charge in [0.2, 0.25) is 0 Å². The van der Waals surface area contributed by atoms with Crippen molar-refractivity contribution in [1.29, 1.82) is 0 Å². The number of urea groups is 1. The number of carbonyl (C=O) groups excluding carboxylic acids is 1. The van der Waals surface area contributed by atoms with Gasteiger partial charge in [0.1, 0.15) is 0 Å². The van der Waals surface area contributed by atoms with Gasteiger partial charge in [-0.25, -0.2) is 4.79 Å². The average molecular weight is 204 g/mol. The molecule has 0 aliphatic rings. The van der Waals surface area contributed by atoms with Crippen molar-refractivity contribution in [2.75, 3.05) is 39.5 Å². The molecule has 0 aromatic heterocycles. The SMILES string of the molecule is CCOCCOCCN(CC)C(N)=O. The smallest absolute Gasteiger partial charge is 0.314 e. The van der Waals surface area contributed by atoms with E-state index in [0.29, 0.717) is 39.5 Å². The van der Waals surface area contributed by atoms with Crippen LogP contribution in [-0.2, 0) is 9.47 Å². The molecule has 5 heteroatoms. The second-order valence-electron chi connectivity index (χ2n) is 2.73. The molecule has 5 nitrogen and oxygen atoms in total. The first-order valence-electron chi connectivity index (χ1n) is 4.92. The number of nitrogens with zero attached hydrogens (tertiary/aromatic N) is 1. The number of likely N-dealkylation sites (N-methyl/N-ethyl adjacent to an activating group) is 1. The molecule has 0 saturated carbocycles. The van der Waals surface area contributed by atoms with E-state index in [9.17, 15) is 4.79 Å². The molecule has 0 saturated heterocycles. The highest BCUT2D eigenvalue weighted by Gasteiger charge is 2.05. The van der Waals surface area contributed by atoms with Gasteiger partial charge in [0.25, 0.3) is 0 Å². The fraction of sp³-hybridized carbons (Fsp3) is 0.889. The van der Waals surface area contributed by atoms with Crippen LogP contribution in [0.4, 0.5) is 4.79 Å². The maximum Gasteiger partial charge on any atom is 0.314 e. The molecule has 0 radical (unpaired) electrons. The number of ether oxygens (including phenoxy) is 2. The van der Waals surface area contributed by atoms with E-state index in [-0.39, 0.29) is 0 Å². The quantitative estimate of drug-likeness (QED) is 0.583. The highest BCUT2D eigenvalue weighted by atomic mass is 16.5. The minimum Gasteiger partial charge on any atom is -0.379 e. The van der Waals surface area contributed by atoms with E-state index >= 15 is 0 Å². The normalized spacial score (nSPS) is 10.1. The summed E-state index contributed by atoms with van der Waals surface area (Å²) in [5, 5.41) is 0. The van der Waals surface area contributed by atoms with Gasteiger partial charge < -0.3 is 20.1 Å². The zero-order valence-electron chi connectivity index (χ0n) is 8.99. The molecule has 2 amide bonds. The predicted molar refractivity (Wildman–Crippen MR) is 54.1 cm³/mol. The fourth-order valence-corrected chi connectivity index (χ4v) is 0.963. The van der Waals surface area contributed by atoms with Gasteiger partial charge in [0.05, 0.1) is 19.8 Å². The van der Waals surface area contributed by atoms with Gasteiger partial charge in [0, 0.05) is 19.7 Å². The molecule has 0 aromatic rings. The Morgan fingerprint density at radius 2 is 1.86 bits per heavy atom. The number of amides is 2. The molecule has 0 rings (SSSR count). The average Bonchev–Trinajstić information content (AvgIpc) is 2.16.